The number of nitrogens with one attached hydrogen (secondary N) is 1. The summed E-state index contributed by atoms with van der Waals surface area (Å²) < 4.78 is 0. The van der Waals surface area contributed by atoms with Crippen molar-refractivity contribution in [3.05, 3.63) is 29.8 Å². The molecule has 0 unspecified atom stereocenters. The van der Waals surface area contributed by atoms with Gasteiger partial charge >= 0.3 is 0 Å². The molecule has 0 heterocycles. The van der Waals surface area contributed by atoms with Crippen molar-refractivity contribution < 1.29 is 5.11 Å². The van der Waals surface area contributed by atoms with Crippen LogP contribution < -0.4 is 5.32 Å². The van der Waals surface area contributed by atoms with Gasteiger partial charge in [0.05, 0.1) is 12.1 Å². The van der Waals surface area contributed by atoms with E-state index < -0.39 is 5.60 Å². The number of hydrogen-bond acceptors (Lipinski definition) is 3. The van der Waals surface area contributed by atoms with E-state index in [1.165, 1.54) is 10.5 Å². The van der Waals surface area contributed by atoms with Crippen molar-refractivity contribution in [2.24, 2.45) is 4.99 Å². The second-order valence-corrected chi connectivity index (χ2v) is 7.19. The highest BCUT2D eigenvalue weighted by Gasteiger charge is 2.30. The molecule has 0 saturated heterocycles. The third kappa shape index (κ3) is 5.43. The van der Waals surface area contributed by atoms with Crippen LogP contribution in [0.5, 0.6) is 0 Å². The minimum atomic E-state index is -0.596. The first-order chi connectivity index (χ1) is 11.1. The molecule has 2 N–H and O–H groups in total. The zero-order chi connectivity index (χ0) is 16.7. The Morgan fingerprint density at radius 2 is 1.96 bits per heavy atom. The van der Waals surface area contributed by atoms with Gasteiger partial charge in [-0.25, -0.2) is 0 Å². The third-order valence-electron chi connectivity index (χ3n) is 4.33. The van der Waals surface area contributed by atoms with E-state index in [2.05, 4.69) is 52.7 Å². The van der Waals surface area contributed by atoms with Gasteiger partial charge in [0.15, 0.2) is 5.96 Å². The van der Waals surface area contributed by atoms with Crippen molar-refractivity contribution in [3.8, 4) is 0 Å². The zero-order valence-electron chi connectivity index (χ0n) is 14.5. The Morgan fingerprint density at radius 1 is 1.30 bits per heavy atom. The molecule has 1 aliphatic carbocycles. The molecule has 128 valence electrons. The van der Waals surface area contributed by atoms with Crippen LogP contribution in [0.1, 0.15) is 38.2 Å². The monoisotopic (exact) mass is 335 g/mol. The number of aliphatic imine (C=N–C) groups is 1. The lowest BCUT2D eigenvalue weighted by Gasteiger charge is -2.25. The van der Waals surface area contributed by atoms with Crippen LogP contribution in [0.4, 0.5) is 0 Å². The fraction of sp³-hybridized carbons (Fsp3) is 0.611. The molecule has 0 radical (unpaired) electrons. The number of guanidine groups is 1. The first kappa shape index (κ1) is 18.1. The van der Waals surface area contributed by atoms with E-state index in [1.54, 1.807) is 11.8 Å². The molecule has 5 heteroatoms. The van der Waals surface area contributed by atoms with Crippen molar-refractivity contribution in [1.29, 1.82) is 0 Å². The molecule has 2 rings (SSSR count). The first-order valence-corrected chi connectivity index (χ1v) is 9.63. The number of rotatable bonds is 6. The lowest BCUT2D eigenvalue weighted by atomic mass is 10.0. The highest BCUT2D eigenvalue weighted by Crippen LogP contribution is 2.29. The predicted octanol–water partition coefficient (Wildman–Crippen LogP) is 3.11. The Morgan fingerprint density at radius 3 is 2.52 bits per heavy atom. The van der Waals surface area contributed by atoms with E-state index >= 15 is 0 Å². The molecule has 0 aromatic heterocycles. The van der Waals surface area contributed by atoms with E-state index in [0.717, 1.165) is 44.7 Å². The number of thioether (sulfide) groups is 1. The molecule has 23 heavy (non-hydrogen) atoms. The minimum absolute atomic E-state index is 0.491. The number of benzene rings is 1. The lowest BCUT2D eigenvalue weighted by Crippen LogP contribution is -2.40. The van der Waals surface area contributed by atoms with Crippen LogP contribution in [0.25, 0.3) is 0 Å². The van der Waals surface area contributed by atoms with Gasteiger partial charge < -0.3 is 15.3 Å². The van der Waals surface area contributed by atoms with Crippen LogP contribution in [0.15, 0.2) is 34.2 Å². The maximum Gasteiger partial charge on any atom is 0.194 e. The van der Waals surface area contributed by atoms with Crippen LogP contribution in [-0.4, -0.2) is 48.0 Å². The van der Waals surface area contributed by atoms with Crippen molar-refractivity contribution in [3.63, 3.8) is 0 Å². The maximum absolute atomic E-state index is 10.5. The van der Waals surface area contributed by atoms with Crippen molar-refractivity contribution >= 4 is 17.7 Å². The summed E-state index contributed by atoms with van der Waals surface area (Å²) in [6, 6.07) is 8.63. The van der Waals surface area contributed by atoms with Gasteiger partial charge in [-0.3, -0.25) is 4.99 Å². The van der Waals surface area contributed by atoms with Gasteiger partial charge in [0, 0.05) is 25.0 Å². The SMILES string of the molecule is CCNC(=NCC1(O)CCCC1)N(C)Cc1ccc(SC)cc1. The van der Waals surface area contributed by atoms with Gasteiger partial charge in [0.1, 0.15) is 0 Å². The fourth-order valence-electron chi connectivity index (χ4n) is 2.96. The molecule has 0 amide bonds. The van der Waals surface area contributed by atoms with Crippen LogP contribution in [0.2, 0.25) is 0 Å². The van der Waals surface area contributed by atoms with E-state index in [0.29, 0.717) is 6.54 Å². The van der Waals surface area contributed by atoms with Gasteiger partial charge in [-0.2, -0.15) is 0 Å². The highest BCUT2D eigenvalue weighted by atomic mass is 32.2. The standard InChI is InChI=1S/C18H29N3OS/c1-4-19-17(20-14-18(22)11-5-6-12-18)21(2)13-15-7-9-16(23-3)10-8-15/h7-10,22H,4-6,11-14H2,1-3H3,(H,19,20). The third-order valence-corrected chi connectivity index (χ3v) is 5.08. The Hall–Kier alpha value is -1.20. The van der Waals surface area contributed by atoms with Gasteiger partial charge in [0.25, 0.3) is 0 Å². The molecule has 1 saturated carbocycles. The quantitative estimate of drug-likeness (QED) is 0.476. The van der Waals surface area contributed by atoms with Crippen LogP contribution in [0.3, 0.4) is 0 Å². The zero-order valence-corrected chi connectivity index (χ0v) is 15.3. The minimum Gasteiger partial charge on any atom is -0.388 e. The van der Waals surface area contributed by atoms with E-state index in [9.17, 15) is 5.11 Å². The molecule has 1 aromatic carbocycles. The molecule has 4 nitrogen and oxygen atoms in total. The topological polar surface area (TPSA) is 47.9 Å². The molecule has 0 bridgehead atoms. The molecular formula is C18H29N3OS. The van der Waals surface area contributed by atoms with Crippen molar-refractivity contribution in [1.82, 2.24) is 10.2 Å². The smallest absolute Gasteiger partial charge is 0.194 e. The molecule has 1 aliphatic rings. The van der Waals surface area contributed by atoms with Crippen molar-refractivity contribution in [2.75, 3.05) is 26.4 Å². The van der Waals surface area contributed by atoms with Gasteiger partial charge in [-0.15, -0.1) is 11.8 Å². The number of aliphatic hydroxyl groups is 1. The molecule has 0 spiro atoms. The predicted molar refractivity (Wildman–Crippen MR) is 99.1 cm³/mol. The summed E-state index contributed by atoms with van der Waals surface area (Å²) in [5, 5.41) is 13.8. The average molecular weight is 336 g/mol. The second kappa shape index (κ2) is 8.60. The van der Waals surface area contributed by atoms with Crippen LogP contribution in [-0.2, 0) is 6.54 Å². The van der Waals surface area contributed by atoms with Crippen LogP contribution in [0, 0.1) is 0 Å². The van der Waals surface area contributed by atoms with Gasteiger partial charge in [-0.05, 0) is 43.7 Å². The summed E-state index contributed by atoms with van der Waals surface area (Å²) in [6.07, 6.45) is 6.05. The Bertz CT molecular complexity index is 510. The van der Waals surface area contributed by atoms with Gasteiger partial charge in [-0.1, -0.05) is 25.0 Å². The number of hydrogen-bond donors (Lipinski definition) is 2. The Balaban J connectivity index is 2.00. The van der Waals surface area contributed by atoms with E-state index in [4.69, 9.17) is 0 Å². The molecule has 0 aliphatic heterocycles. The van der Waals surface area contributed by atoms with Crippen molar-refractivity contribution in [2.45, 2.75) is 49.6 Å². The van der Waals surface area contributed by atoms with Crippen LogP contribution >= 0.6 is 11.8 Å². The average Bonchev–Trinajstić information content (AvgIpc) is 2.99. The molecule has 1 fully saturated rings. The number of nitrogens with zero attached hydrogens (tertiary/aromatic N) is 2. The highest BCUT2D eigenvalue weighted by molar-refractivity contribution is 7.98. The normalized spacial score (nSPS) is 17.3. The lowest BCUT2D eigenvalue weighted by molar-refractivity contribution is 0.0572. The summed E-state index contributed by atoms with van der Waals surface area (Å²) >= 11 is 1.76. The summed E-state index contributed by atoms with van der Waals surface area (Å²) in [5.41, 5.74) is 0.664. The fourth-order valence-corrected chi connectivity index (χ4v) is 3.37. The second-order valence-electron chi connectivity index (χ2n) is 6.31. The summed E-state index contributed by atoms with van der Waals surface area (Å²) in [6.45, 7) is 4.19. The molecule has 0 atom stereocenters. The largest absolute Gasteiger partial charge is 0.388 e. The maximum atomic E-state index is 10.5. The first-order valence-electron chi connectivity index (χ1n) is 8.41. The Labute approximate surface area is 144 Å². The molecular weight excluding hydrogens is 306 g/mol. The van der Waals surface area contributed by atoms with E-state index in [1.807, 2.05) is 7.05 Å². The van der Waals surface area contributed by atoms with E-state index in [-0.39, 0.29) is 0 Å². The summed E-state index contributed by atoms with van der Waals surface area (Å²) in [5.74, 6) is 0.863. The Kier molecular flexibility index (Phi) is 6.78. The summed E-state index contributed by atoms with van der Waals surface area (Å²) in [7, 11) is 2.04. The molecule has 1 aromatic rings. The summed E-state index contributed by atoms with van der Waals surface area (Å²) in [4.78, 5) is 8.07. The van der Waals surface area contributed by atoms with Gasteiger partial charge in [0.2, 0.25) is 0 Å².